The van der Waals surface area contributed by atoms with E-state index in [1.807, 2.05) is 24.3 Å². The van der Waals surface area contributed by atoms with E-state index in [1.54, 1.807) is 23.8 Å². The van der Waals surface area contributed by atoms with Gasteiger partial charge in [0.1, 0.15) is 11.8 Å². The van der Waals surface area contributed by atoms with E-state index in [1.165, 1.54) is 32.1 Å². The average Bonchev–Trinajstić information content (AvgIpc) is 2.78. The van der Waals surface area contributed by atoms with E-state index in [2.05, 4.69) is 10.2 Å². The number of hydrogen-bond acceptors (Lipinski definition) is 5. The summed E-state index contributed by atoms with van der Waals surface area (Å²) in [5, 5.41) is 11.7. The highest BCUT2D eigenvalue weighted by molar-refractivity contribution is 7.99. The first kappa shape index (κ1) is 22.6. The normalized spacial score (nSPS) is 18.7. The number of thioether (sulfide) groups is 1. The molecule has 166 valence electrons. The Bertz CT molecular complexity index is 686. The minimum absolute atomic E-state index is 0.108. The van der Waals surface area contributed by atoms with Gasteiger partial charge in [-0.25, -0.2) is 4.79 Å². The zero-order valence-electron chi connectivity index (χ0n) is 17.7. The van der Waals surface area contributed by atoms with Crippen LogP contribution in [0, 0.1) is 5.92 Å². The summed E-state index contributed by atoms with van der Waals surface area (Å²) in [6, 6.07) is 7.23. The Labute approximate surface area is 183 Å². The topological polar surface area (TPSA) is 82.1 Å². The van der Waals surface area contributed by atoms with E-state index in [-0.39, 0.29) is 5.91 Å². The first-order chi connectivity index (χ1) is 14.6. The van der Waals surface area contributed by atoms with Crippen LogP contribution in [0.2, 0.25) is 0 Å². The average molecular weight is 436 g/mol. The Balaban J connectivity index is 1.49. The van der Waals surface area contributed by atoms with Crippen molar-refractivity contribution in [3.63, 3.8) is 0 Å². The molecule has 2 N–H and O–H groups in total. The van der Waals surface area contributed by atoms with E-state index in [0.717, 1.165) is 30.3 Å². The van der Waals surface area contributed by atoms with Gasteiger partial charge in [0.05, 0.1) is 7.11 Å². The van der Waals surface area contributed by atoms with Crippen molar-refractivity contribution in [3.8, 4) is 5.75 Å². The van der Waals surface area contributed by atoms with Crippen molar-refractivity contribution >= 4 is 29.4 Å². The Hall–Kier alpha value is -2.09. The lowest BCUT2D eigenvalue weighted by Crippen LogP contribution is -2.55. The summed E-state index contributed by atoms with van der Waals surface area (Å²) in [6.07, 6.45) is 5.28. The molecular weight excluding hydrogens is 402 g/mol. The number of methoxy groups -OCH3 is 1. The molecule has 1 aromatic carbocycles. The standard InChI is InChI=1S/C22H33N3O4S/c1-29-19-9-7-18(8-10-19)24-11-13-25(14-12-24)21(26)20(23-22(27)28)16-30-15-17-5-3-2-4-6-17/h7-10,17,20,23H,2-6,11-16H2,1H3,(H,27,28)/t20-/m0/s1. The number of carboxylic acid groups (broad SMARTS) is 1. The van der Waals surface area contributed by atoms with Gasteiger partial charge in [-0.15, -0.1) is 0 Å². The third-order valence-corrected chi connectivity index (χ3v) is 7.26. The Morgan fingerprint density at radius 3 is 2.40 bits per heavy atom. The molecule has 7 nitrogen and oxygen atoms in total. The summed E-state index contributed by atoms with van der Waals surface area (Å²) >= 11 is 1.71. The first-order valence-electron chi connectivity index (χ1n) is 10.8. The lowest BCUT2D eigenvalue weighted by molar-refractivity contribution is -0.133. The number of hydrogen-bond donors (Lipinski definition) is 2. The summed E-state index contributed by atoms with van der Waals surface area (Å²) in [5.74, 6) is 2.93. The molecular formula is C22H33N3O4S. The predicted molar refractivity (Wildman–Crippen MR) is 121 cm³/mol. The summed E-state index contributed by atoms with van der Waals surface area (Å²) in [6.45, 7) is 2.64. The predicted octanol–water partition coefficient (Wildman–Crippen LogP) is 3.29. The molecule has 1 heterocycles. The number of nitrogens with one attached hydrogen (secondary N) is 1. The number of carbonyl (C=O) groups excluding carboxylic acids is 1. The van der Waals surface area contributed by atoms with Crippen molar-refractivity contribution in [1.29, 1.82) is 0 Å². The second kappa shape index (κ2) is 11.3. The van der Waals surface area contributed by atoms with Crippen LogP contribution in [-0.4, -0.2) is 72.8 Å². The molecule has 0 spiro atoms. The summed E-state index contributed by atoms with van der Waals surface area (Å²) in [5.41, 5.74) is 1.10. The molecule has 1 aliphatic carbocycles. The number of piperazine rings is 1. The second-order valence-electron chi connectivity index (χ2n) is 8.05. The number of benzene rings is 1. The van der Waals surface area contributed by atoms with Crippen LogP contribution in [0.1, 0.15) is 32.1 Å². The van der Waals surface area contributed by atoms with Gasteiger partial charge in [0.15, 0.2) is 0 Å². The molecule has 8 heteroatoms. The van der Waals surface area contributed by atoms with Crippen LogP contribution in [0.5, 0.6) is 5.75 Å². The molecule has 1 saturated heterocycles. The highest BCUT2D eigenvalue weighted by atomic mass is 32.2. The summed E-state index contributed by atoms with van der Waals surface area (Å²) in [7, 11) is 1.65. The SMILES string of the molecule is COc1ccc(N2CCN(C(=O)[C@H](CSCC3CCCCC3)NC(=O)O)CC2)cc1. The van der Waals surface area contributed by atoms with E-state index in [4.69, 9.17) is 4.74 Å². The molecule has 30 heavy (non-hydrogen) atoms. The van der Waals surface area contributed by atoms with Gasteiger partial charge in [-0.1, -0.05) is 19.3 Å². The number of carbonyl (C=O) groups is 2. The summed E-state index contributed by atoms with van der Waals surface area (Å²) < 4.78 is 5.21. The van der Waals surface area contributed by atoms with Crippen LogP contribution in [0.25, 0.3) is 0 Å². The molecule has 3 rings (SSSR count). The minimum atomic E-state index is -1.14. The van der Waals surface area contributed by atoms with Crippen LogP contribution < -0.4 is 15.0 Å². The Morgan fingerprint density at radius 1 is 1.13 bits per heavy atom. The number of nitrogens with zero attached hydrogens (tertiary/aromatic N) is 2. The van der Waals surface area contributed by atoms with Crippen molar-refractivity contribution in [2.75, 3.05) is 49.7 Å². The monoisotopic (exact) mass is 435 g/mol. The van der Waals surface area contributed by atoms with Crippen molar-refractivity contribution in [1.82, 2.24) is 10.2 Å². The molecule has 0 radical (unpaired) electrons. The molecule has 2 fully saturated rings. The van der Waals surface area contributed by atoms with Crippen molar-refractivity contribution in [3.05, 3.63) is 24.3 Å². The molecule has 1 aromatic rings. The molecule has 0 bridgehead atoms. The summed E-state index contributed by atoms with van der Waals surface area (Å²) in [4.78, 5) is 28.3. The van der Waals surface area contributed by atoms with Crippen LogP contribution in [-0.2, 0) is 4.79 Å². The third kappa shape index (κ3) is 6.45. The number of rotatable bonds is 8. The van der Waals surface area contributed by atoms with Crippen LogP contribution in [0.3, 0.4) is 0 Å². The molecule has 1 atom stereocenters. The minimum Gasteiger partial charge on any atom is -0.497 e. The van der Waals surface area contributed by atoms with Gasteiger partial charge in [-0.3, -0.25) is 4.79 Å². The smallest absolute Gasteiger partial charge is 0.405 e. The van der Waals surface area contributed by atoms with Crippen LogP contribution >= 0.6 is 11.8 Å². The fourth-order valence-electron chi connectivity index (χ4n) is 4.23. The Morgan fingerprint density at radius 2 is 1.80 bits per heavy atom. The molecule has 1 aliphatic heterocycles. The molecule has 1 saturated carbocycles. The third-order valence-electron chi connectivity index (χ3n) is 5.99. The molecule has 0 aromatic heterocycles. The van der Waals surface area contributed by atoms with E-state index >= 15 is 0 Å². The maximum absolute atomic E-state index is 13.0. The lowest BCUT2D eigenvalue weighted by Gasteiger charge is -2.37. The molecule has 0 unspecified atom stereocenters. The highest BCUT2D eigenvalue weighted by Crippen LogP contribution is 2.27. The Kier molecular flexibility index (Phi) is 8.54. The molecule has 2 amide bonds. The van der Waals surface area contributed by atoms with Gasteiger partial charge in [0.2, 0.25) is 5.91 Å². The van der Waals surface area contributed by atoms with Crippen molar-refractivity contribution < 1.29 is 19.4 Å². The maximum Gasteiger partial charge on any atom is 0.405 e. The van der Waals surface area contributed by atoms with Gasteiger partial charge in [0.25, 0.3) is 0 Å². The number of amides is 2. The fourth-order valence-corrected chi connectivity index (χ4v) is 5.49. The zero-order chi connectivity index (χ0) is 21.3. The van der Waals surface area contributed by atoms with E-state index in [9.17, 15) is 14.7 Å². The van der Waals surface area contributed by atoms with E-state index < -0.39 is 12.1 Å². The zero-order valence-corrected chi connectivity index (χ0v) is 18.5. The maximum atomic E-state index is 13.0. The van der Waals surface area contributed by atoms with Gasteiger partial charge < -0.3 is 25.0 Å². The molecule has 2 aliphatic rings. The van der Waals surface area contributed by atoms with Gasteiger partial charge in [0, 0.05) is 37.6 Å². The van der Waals surface area contributed by atoms with Crippen molar-refractivity contribution in [2.45, 2.75) is 38.1 Å². The lowest BCUT2D eigenvalue weighted by atomic mass is 9.91. The largest absolute Gasteiger partial charge is 0.497 e. The highest BCUT2D eigenvalue weighted by Gasteiger charge is 2.29. The number of ether oxygens (including phenoxy) is 1. The van der Waals surface area contributed by atoms with Gasteiger partial charge in [-0.05, 0) is 48.8 Å². The van der Waals surface area contributed by atoms with Crippen molar-refractivity contribution in [2.24, 2.45) is 5.92 Å². The van der Waals surface area contributed by atoms with Crippen LogP contribution in [0.4, 0.5) is 10.5 Å². The fraction of sp³-hybridized carbons (Fsp3) is 0.636. The second-order valence-corrected chi connectivity index (χ2v) is 9.13. The van der Waals surface area contributed by atoms with E-state index in [0.29, 0.717) is 24.8 Å². The first-order valence-corrected chi connectivity index (χ1v) is 12.0. The van der Waals surface area contributed by atoms with Gasteiger partial charge in [-0.2, -0.15) is 11.8 Å². The van der Waals surface area contributed by atoms with Gasteiger partial charge >= 0.3 is 6.09 Å². The number of anilines is 1. The quantitative estimate of drug-likeness (QED) is 0.652. The van der Waals surface area contributed by atoms with Crippen LogP contribution in [0.15, 0.2) is 24.3 Å².